The second kappa shape index (κ2) is 20.3. The predicted octanol–water partition coefficient (Wildman–Crippen LogP) is 8.03. The number of imide groups is 1. The summed E-state index contributed by atoms with van der Waals surface area (Å²) >= 11 is 1.55. The predicted molar refractivity (Wildman–Crippen MR) is 255 cm³/mol. The van der Waals surface area contributed by atoms with Gasteiger partial charge in [0.05, 0.1) is 58.3 Å². The number of carbonyl (C=O) groups excluding carboxylic acids is 5. The molecule has 366 valence electrons. The highest BCUT2D eigenvalue weighted by Crippen LogP contribution is 2.40. The van der Waals surface area contributed by atoms with Crippen molar-refractivity contribution in [3.63, 3.8) is 0 Å². The zero-order valence-electron chi connectivity index (χ0n) is 39.3. The lowest BCUT2D eigenvalue weighted by atomic mass is 9.85. The van der Waals surface area contributed by atoms with Gasteiger partial charge in [0.2, 0.25) is 11.8 Å². The van der Waals surface area contributed by atoms with E-state index < -0.39 is 76.1 Å². The average molecular weight is 980 g/mol. The number of amides is 6. The molecule has 0 saturated carbocycles. The van der Waals surface area contributed by atoms with Crippen molar-refractivity contribution in [1.82, 2.24) is 20.5 Å². The fourth-order valence-corrected chi connectivity index (χ4v) is 9.12. The molecular weight excluding hydrogens is 928 g/mol. The maximum Gasteiger partial charge on any atom is 0.417 e. The van der Waals surface area contributed by atoms with Crippen molar-refractivity contribution in [3.05, 3.63) is 124 Å². The minimum absolute atomic E-state index is 0.0506. The van der Waals surface area contributed by atoms with Gasteiger partial charge in [0.15, 0.2) is 0 Å². The lowest BCUT2D eigenvalue weighted by molar-refractivity contribution is -0.142. The first-order valence-corrected chi connectivity index (χ1v) is 23.3. The van der Waals surface area contributed by atoms with Gasteiger partial charge in [0.1, 0.15) is 29.1 Å². The van der Waals surface area contributed by atoms with E-state index in [1.807, 2.05) is 31.2 Å². The molecule has 0 aliphatic carbocycles. The van der Waals surface area contributed by atoms with Gasteiger partial charge in [-0.3, -0.25) is 24.1 Å². The van der Waals surface area contributed by atoms with Crippen LogP contribution in [0, 0.1) is 23.7 Å². The molecular formula is C51H52F3N7O8S. The van der Waals surface area contributed by atoms with E-state index in [4.69, 9.17) is 9.47 Å². The Kier molecular flexibility index (Phi) is 14.7. The average Bonchev–Trinajstić information content (AvgIpc) is 3.98. The number of hydrogen-bond donors (Lipinski definition) is 3. The Bertz CT molecular complexity index is 2820. The van der Waals surface area contributed by atoms with Crippen molar-refractivity contribution in [2.75, 3.05) is 29.6 Å². The number of nitrogens with one attached hydrogen (secondary N) is 2. The van der Waals surface area contributed by atoms with Gasteiger partial charge in [-0.15, -0.1) is 11.3 Å². The third-order valence-electron chi connectivity index (χ3n) is 12.1. The number of halogens is 3. The van der Waals surface area contributed by atoms with Crippen LogP contribution in [0.2, 0.25) is 0 Å². The molecule has 4 aromatic carbocycles. The van der Waals surface area contributed by atoms with E-state index >= 15 is 0 Å². The van der Waals surface area contributed by atoms with E-state index in [9.17, 15) is 47.5 Å². The van der Waals surface area contributed by atoms with Gasteiger partial charge in [0.25, 0.3) is 11.8 Å². The lowest BCUT2D eigenvalue weighted by Crippen LogP contribution is -2.57. The van der Waals surface area contributed by atoms with Crippen molar-refractivity contribution in [1.29, 1.82) is 5.26 Å². The van der Waals surface area contributed by atoms with Crippen molar-refractivity contribution in [2.24, 2.45) is 5.41 Å². The molecule has 2 aliphatic rings. The van der Waals surface area contributed by atoms with Crippen molar-refractivity contribution >= 4 is 52.4 Å². The van der Waals surface area contributed by atoms with Crippen LogP contribution in [0.4, 0.5) is 29.3 Å². The van der Waals surface area contributed by atoms with Crippen LogP contribution in [0.15, 0.2) is 96.5 Å². The maximum absolute atomic E-state index is 14.2. The summed E-state index contributed by atoms with van der Waals surface area (Å²) in [5.41, 5.74) is 0.687. The molecule has 19 heteroatoms. The molecule has 6 amide bonds. The first-order valence-electron chi connectivity index (χ1n) is 22.4. The molecule has 70 heavy (non-hydrogen) atoms. The zero-order chi connectivity index (χ0) is 50.7. The Labute approximate surface area is 406 Å². The number of aryl methyl sites for hydroxylation is 1. The molecule has 2 fully saturated rings. The molecule has 3 heterocycles. The summed E-state index contributed by atoms with van der Waals surface area (Å²) in [4.78, 5) is 77.1. The molecule has 15 nitrogen and oxygen atoms in total. The number of alkyl halides is 3. The van der Waals surface area contributed by atoms with Crippen LogP contribution in [-0.4, -0.2) is 88.1 Å². The Hall–Kier alpha value is -7.30. The van der Waals surface area contributed by atoms with Crippen LogP contribution in [0.25, 0.3) is 10.4 Å². The molecule has 0 bridgehead atoms. The maximum atomic E-state index is 14.2. The van der Waals surface area contributed by atoms with Gasteiger partial charge >= 0.3 is 12.2 Å². The number of aromatic nitrogens is 1. The van der Waals surface area contributed by atoms with E-state index in [0.29, 0.717) is 34.6 Å². The number of aliphatic hydroxyl groups is 1. The Morgan fingerprint density at radius 2 is 1.61 bits per heavy atom. The number of likely N-dealkylation sites (tertiary alicyclic amines) is 1. The fourth-order valence-electron chi connectivity index (χ4n) is 8.31. The summed E-state index contributed by atoms with van der Waals surface area (Å²) in [6, 6.07) is 21.8. The SMILES string of the molecule is Cc1ncsc1-c1ccc(CNC(=O)[C@@H]2C[C@@H](O)CN2C(=O)[C@@H](NC(=O)c2cccc(OCCCOc3ccc(N4C(=O)N(c5ccc(C#N)c(C(F)(F)F)c5)C(=O)C4(C)C)cc3)c2)C(C)(C)C)cc1. The molecule has 0 radical (unpaired) electrons. The number of nitriles is 1. The molecule has 7 rings (SSSR count). The molecule has 5 aromatic rings. The van der Waals surface area contributed by atoms with Gasteiger partial charge in [0, 0.05) is 37.2 Å². The summed E-state index contributed by atoms with van der Waals surface area (Å²) in [5, 5.41) is 25.6. The van der Waals surface area contributed by atoms with Gasteiger partial charge < -0.3 is 30.1 Å². The normalized spacial score (nSPS) is 17.3. The number of thiazole rings is 1. The largest absolute Gasteiger partial charge is 0.493 e. The van der Waals surface area contributed by atoms with E-state index in [2.05, 4.69) is 15.6 Å². The summed E-state index contributed by atoms with van der Waals surface area (Å²) in [6.07, 6.45) is -5.34. The molecule has 0 spiro atoms. The number of β-amino-alcohol motifs (C(OH)–C–C–N with tert-alkyl or cyclic N) is 1. The summed E-state index contributed by atoms with van der Waals surface area (Å²) in [6.45, 7) is 10.9. The van der Waals surface area contributed by atoms with Crippen molar-refractivity contribution < 1.29 is 51.7 Å². The number of anilines is 2. The number of hydrogen-bond acceptors (Lipinski definition) is 11. The molecule has 2 saturated heterocycles. The fraction of sp³-hybridized carbons (Fsp3) is 0.353. The Morgan fingerprint density at radius 3 is 2.24 bits per heavy atom. The first kappa shape index (κ1) is 50.6. The van der Waals surface area contributed by atoms with Crippen LogP contribution in [0.1, 0.15) is 80.2 Å². The number of nitrogens with zero attached hydrogens (tertiary/aromatic N) is 5. The first-order chi connectivity index (χ1) is 33.1. The van der Waals surface area contributed by atoms with Crippen LogP contribution in [0.5, 0.6) is 11.5 Å². The summed E-state index contributed by atoms with van der Waals surface area (Å²) in [7, 11) is 0. The highest BCUT2D eigenvalue weighted by Gasteiger charge is 2.53. The van der Waals surface area contributed by atoms with Crippen molar-refractivity contribution in [3.8, 4) is 28.0 Å². The van der Waals surface area contributed by atoms with E-state index in [-0.39, 0.29) is 44.0 Å². The van der Waals surface area contributed by atoms with Gasteiger partial charge in [-0.1, -0.05) is 51.1 Å². The number of aliphatic hydroxyl groups excluding tert-OH is 1. The molecule has 3 atom stereocenters. The number of carbonyl (C=O) groups is 5. The number of ether oxygens (including phenoxy) is 2. The van der Waals surface area contributed by atoms with E-state index in [1.165, 1.54) is 29.7 Å². The van der Waals surface area contributed by atoms with Crippen LogP contribution >= 0.6 is 11.3 Å². The minimum Gasteiger partial charge on any atom is -0.493 e. The molecule has 3 N–H and O–H groups in total. The molecule has 1 aromatic heterocycles. The standard InChI is InChI=1S/C51H52F3N7O8S/c1-30-42(70-29-57-30)32-13-11-31(12-14-32)27-56-45(64)41-25-37(62)28-59(41)46(65)43(49(2,3)4)58-44(63)33-9-7-10-39(23-33)69-22-8-21-68-38-19-17-35(18-20-38)61-48(67)60(47(66)50(61,5)6)36-16-15-34(26-55)40(24-36)51(52,53)54/h7,9-20,23-24,29,37,41,43,62H,8,21-22,25,27-28H2,1-6H3,(H,56,64)(H,58,63)/t37-,41+,43-/m1/s1. The summed E-state index contributed by atoms with van der Waals surface area (Å²) < 4.78 is 52.9. The second-order valence-electron chi connectivity index (χ2n) is 18.6. The third kappa shape index (κ3) is 10.9. The number of urea groups is 1. The highest BCUT2D eigenvalue weighted by atomic mass is 32.1. The monoisotopic (exact) mass is 979 g/mol. The lowest BCUT2D eigenvalue weighted by Gasteiger charge is -2.35. The highest BCUT2D eigenvalue weighted by molar-refractivity contribution is 7.13. The quantitative estimate of drug-likeness (QED) is 0.0683. The van der Waals surface area contributed by atoms with Crippen LogP contribution in [0.3, 0.4) is 0 Å². The van der Waals surface area contributed by atoms with Gasteiger partial charge in [-0.05, 0) is 98.0 Å². The van der Waals surface area contributed by atoms with Gasteiger partial charge in [-0.2, -0.15) is 18.4 Å². The smallest absolute Gasteiger partial charge is 0.417 e. The topological polar surface area (TPSA) is 194 Å². The minimum atomic E-state index is -4.89. The van der Waals surface area contributed by atoms with E-state index in [0.717, 1.165) is 33.8 Å². The molecule has 0 unspecified atom stereocenters. The second-order valence-corrected chi connectivity index (χ2v) is 19.4. The van der Waals surface area contributed by atoms with E-state index in [1.54, 1.807) is 86.1 Å². The Balaban J connectivity index is 0.905. The summed E-state index contributed by atoms with van der Waals surface area (Å²) in [5.74, 6) is -1.38. The zero-order valence-corrected chi connectivity index (χ0v) is 40.1. The number of rotatable bonds is 15. The van der Waals surface area contributed by atoms with Crippen molar-refractivity contribution in [2.45, 2.75) is 90.8 Å². The Morgan fingerprint density at radius 1 is 0.943 bits per heavy atom. The number of benzene rings is 4. The van der Waals surface area contributed by atoms with Gasteiger partial charge in [-0.25, -0.2) is 14.7 Å². The molecule has 2 aliphatic heterocycles. The van der Waals surface area contributed by atoms with Crippen LogP contribution in [-0.2, 0) is 27.1 Å². The van der Waals surface area contributed by atoms with Crippen LogP contribution < -0.4 is 29.9 Å². The third-order valence-corrected chi connectivity index (χ3v) is 13.0.